The Morgan fingerprint density at radius 2 is 0.944 bits per heavy atom. The highest BCUT2D eigenvalue weighted by Crippen LogP contribution is 2.24. The minimum absolute atomic E-state index is 0.357. The van der Waals surface area contributed by atoms with Crippen molar-refractivity contribution in [2.45, 2.75) is 15.5 Å². The van der Waals surface area contributed by atoms with Crippen molar-refractivity contribution in [3.8, 4) is 0 Å². The average Bonchev–Trinajstić information content (AvgIpc) is 2.40. The van der Waals surface area contributed by atoms with E-state index in [-0.39, 0.29) is 0 Å². The second-order valence-electron chi connectivity index (χ2n) is 2.22. The quantitative estimate of drug-likeness (QED) is 0.504. The highest BCUT2D eigenvalue weighted by Gasteiger charge is 2.10. The molecular formula is C9H9N3O3S3. The van der Waals surface area contributed by atoms with E-state index >= 15 is 0 Å². The summed E-state index contributed by atoms with van der Waals surface area (Å²) in [7, 11) is 0. The van der Waals surface area contributed by atoms with Crippen molar-refractivity contribution < 1.29 is 12.5 Å². The van der Waals surface area contributed by atoms with Crippen LogP contribution in [0.15, 0.2) is 54.0 Å². The molecule has 0 fully saturated rings. The predicted octanol–water partition coefficient (Wildman–Crippen LogP) is 3.37. The Bertz CT molecular complexity index is 357. The minimum Gasteiger partial charge on any atom is -0.426 e. The number of rotatable bonds is 9. The van der Waals surface area contributed by atoms with Gasteiger partial charge in [-0.05, 0) is 0 Å². The van der Waals surface area contributed by atoms with Crippen LogP contribution >= 0.6 is 36.1 Å². The highest BCUT2D eigenvalue weighted by molar-refractivity contribution is 7.95. The van der Waals surface area contributed by atoms with Gasteiger partial charge in [0.25, 0.3) is 0 Å². The fourth-order valence-corrected chi connectivity index (χ4v) is 2.04. The molecule has 18 heavy (non-hydrogen) atoms. The van der Waals surface area contributed by atoms with Gasteiger partial charge < -0.3 is 12.5 Å². The first-order valence-corrected chi connectivity index (χ1v) is 6.61. The van der Waals surface area contributed by atoms with Crippen LogP contribution in [0.1, 0.15) is 0 Å². The minimum atomic E-state index is 0.357. The van der Waals surface area contributed by atoms with Crippen LogP contribution in [-0.4, -0.2) is 15.0 Å². The lowest BCUT2D eigenvalue weighted by atomic mass is 11.1. The third-order valence-corrected chi connectivity index (χ3v) is 2.84. The van der Waals surface area contributed by atoms with E-state index in [9.17, 15) is 0 Å². The van der Waals surface area contributed by atoms with E-state index in [0.717, 1.165) is 36.1 Å². The molecule has 0 aliphatic heterocycles. The van der Waals surface area contributed by atoms with Gasteiger partial charge in [-0.25, -0.2) is 0 Å². The van der Waals surface area contributed by atoms with Gasteiger partial charge in [0, 0.05) is 0 Å². The van der Waals surface area contributed by atoms with Gasteiger partial charge >= 0.3 is 0 Å². The lowest BCUT2D eigenvalue weighted by Gasteiger charge is -2.03. The number of nitrogens with zero attached hydrogens (tertiary/aromatic N) is 3. The molecule has 1 aromatic rings. The van der Waals surface area contributed by atoms with Crippen molar-refractivity contribution in [2.75, 3.05) is 0 Å². The summed E-state index contributed by atoms with van der Waals surface area (Å²) in [5.74, 6) is 0. The van der Waals surface area contributed by atoms with E-state index in [0.29, 0.717) is 15.5 Å². The summed E-state index contributed by atoms with van der Waals surface area (Å²) in [6.07, 6.45) is 3.82. The van der Waals surface area contributed by atoms with Crippen molar-refractivity contribution in [3.05, 3.63) is 38.5 Å². The normalized spacial score (nSPS) is 9.33. The van der Waals surface area contributed by atoms with Crippen LogP contribution in [0.3, 0.4) is 0 Å². The molecule has 0 saturated carbocycles. The Kier molecular flexibility index (Phi) is 7.14. The van der Waals surface area contributed by atoms with E-state index in [1.54, 1.807) is 0 Å². The van der Waals surface area contributed by atoms with Crippen molar-refractivity contribution in [1.82, 2.24) is 15.0 Å². The van der Waals surface area contributed by atoms with E-state index < -0.39 is 0 Å². The first-order chi connectivity index (χ1) is 8.80. The monoisotopic (exact) mass is 303 g/mol. The highest BCUT2D eigenvalue weighted by atomic mass is 32.2. The second-order valence-corrected chi connectivity index (χ2v) is 4.39. The maximum atomic E-state index is 4.93. The Labute approximate surface area is 118 Å². The van der Waals surface area contributed by atoms with Crippen LogP contribution in [0.2, 0.25) is 0 Å². The molecule has 0 atom stereocenters. The summed E-state index contributed by atoms with van der Waals surface area (Å²) in [5.41, 5.74) is 0. The van der Waals surface area contributed by atoms with E-state index in [4.69, 9.17) is 12.5 Å². The molecule has 0 aliphatic carbocycles. The van der Waals surface area contributed by atoms with E-state index in [2.05, 4.69) is 34.7 Å². The van der Waals surface area contributed by atoms with Gasteiger partial charge in [0.15, 0.2) is 0 Å². The van der Waals surface area contributed by atoms with E-state index in [1.807, 2.05) is 0 Å². The first kappa shape index (κ1) is 14.7. The van der Waals surface area contributed by atoms with Gasteiger partial charge in [-0.2, -0.15) is 15.0 Å². The fraction of sp³-hybridized carbons (Fsp3) is 0. The van der Waals surface area contributed by atoms with Crippen LogP contribution in [0, 0.1) is 0 Å². The summed E-state index contributed by atoms with van der Waals surface area (Å²) in [5, 5.41) is 1.07. The molecule has 0 saturated heterocycles. The Hall–Kier alpha value is -1.32. The fourth-order valence-electron chi connectivity index (χ4n) is 0.663. The average molecular weight is 303 g/mol. The maximum Gasteiger partial charge on any atom is 0.233 e. The van der Waals surface area contributed by atoms with Gasteiger partial charge in [0.2, 0.25) is 15.5 Å². The molecule has 9 heteroatoms. The van der Waals surface area contributed by atoms with Crippen molar-refractivity contribution in [2.24, 2.45) is 0 Å². The van der Waals surface area contributed by atoms with Gasteiger partial charge in [0.05, 0.1) is 18.8 Å². The van der Waals surface area contributed by atoms with Gasteiger partial charge in [0.1, 0.15) is 36.1 Å². The molecular weight excluding hydrogens is 294 g/mol. The number of hydrogen-bond donors (Lipinski definition) is 0. The van der Waals surface area contributed by atoms with Crippen molar-refractivity contribution >= 4 is 36.1 Å². The SMILES string of the molecule is C=COSc1nc(SOC=C)nc(SOC=C)n1. The summed E-state index contributed by atoms with van der Waals surface area (Å²) in [4.78, 5) is 12.2. The third-order valence-electron chi connectivity index (χ3n) is 1.15. The molecule has 0 N–H and O–H groups in total. The zero-order chi connectivity index (χ0) is 13.2. The molecule has 0 spiro atoms. The third kappa shape index (κ3) is 5.34. The summed E-state index contributed by atoms with van der Waals surface area (Å²) < 4.78 is 14.8. The number of aromatic nitrogens is 3. The molecule has 1 rings (SSSR count). The largest absolute Gasteiger partial charge is 0.426 e. The smallest absolute Gasteiger partial charge is 0.233 e. The van der Waals surface area contributed by atoms with Crippen LogP contribution < -0.4 is 0 Å². The Morgan fingerprint density at radius 1 is 0.667 bits per heavy atom. The van der Waals surface area contributed by atoms with Crippen molar-refractivity contribution in [3.63, 3.8) is 0 Å². The molecule has 6 nitrogen and oxygen atoms in total. The zero-order valence-electron chi connectivity index (χ0n) is 9.14. The molecule has 96 valence electrons. The lowest BCUT2D eigenvalue weighted by Crippen LogP contribution is -1.96. The van der Waals surface area contributed by atoms with Crippen molar-refractivity contribution in [1.29, 1.82) is 0 Å². The maximum absolute atomic E-state index is 4.93. The molecule has 1 aromatic heterocycles. The van der Waals surface area contributed by atoms with Crippen LogP contribution in [0.25, 0.3) is 0 Å². The second kappa shape index (κ2) is 8.72. The van der Waals surface area contributed by atoms with Gasteiger partial charge in [-0.15, -0.1) is 0 Å². The first-order valence-electron chi connectivity index (χ1n) is 4.39. The van der Waals surface area contributed by atoms with Crippen LogP contribution in [-0.2, 0) is 12.5 Å². The molecule has 0 aliphatic rings. The Morgan fingerprint density at radius 3 is 1.17 bits per heavy atom. The number of hydrogen-bond acceptors (Lipinski definition) is 9. The molecule has 0 aromatic carbocycles. The molecule has 0 amide bonds. The molecule has 0 bridgehead atoms. The van der Waals surface area contributed by atoms with Crippen LogP contribution in [0.5, 0.6) is 0 Å². The van der Waals surface area contributed by atoms with Crippen LogP contribution in [0.4, 0.5) is 0 Å². The zero-order valence-corrected chi connectivity index (χ0v) is 11.6. The van der Waals surface area contributed by atoms with Gasteiger partial charge in [-0.3, -0.25) is 0 Å². The summed E-state index contributed by atoms with van der Waals surface area (Å²) in [6, 6.07) is 0. The predicted molar refractivity (Wildman–Crippen MR) is 71.2 cm³/mol. The molecule has 0 unspecified atom stereocenters. The Balaban J connectivity index is 2.83. The summed E-state index contributed by atoms with van der Waals surface area (Å²) >= 11 is 2.84. The van der Waals surface area contributed by atoms with E-state index in [1.165, 1.54) is 18.8 Å². The summed E-state index contributed by atoms with van der Waals surface area (Å²) in [6.45, 7) is 10.3. The molecule has 1 heterocycles. The molecule has 0 radical (unpaired) electrons. The van der Waals surface area contributed by atoms with Gasteiger partial charge in [-0.1, -0.05) is 19.7 Å². The lowest BCUT2D eigenvalue weighted by molar-refractivity contribution is 0.537. The topological polar surface area (TPSA) is 66.4 Å². The standard InChI is InChI=1S/C9H9N3O3S3/c1-4-13-16-7-10-8(17-14-5-2)12-9(11-7)18-15-6-3/h4-6H,1-3H2.